The highest BCUT2D eigenvalue weighted by Gasteiger charge is 2.43. The highest BCUT2D eigenvalue weighted by atomic mass is 16.5. The lowest BCUT2D eigenvalue weighted by atomic mass is 9.85. The highest BCUT2D eigenvalue weighted by molar-refractivity contribution is 4.94. The van der Waals surface area contributed by atoms with E-state index in [0.29, 0.717) is 10.8 Å². The van der Waals surface area contributed by atoms with Crippen LogP contribution in [0.1, 0.15) is 67.2 Å². The summed E-state index contributed by atoms with van der Waals surface area (Å²) in [7, 11) is 0. The molecule has 0 bridgehead atoms. The Morgan fingerprint density at radius 1 is 1.00 bits per heavy atom. The first-order valence-electron chi connectivity index (χ1n) is 6.26. The molecule has 1 saturated carbocycles. The molecule has 1 heteroatoms. The third-order valence-electron chi connectivity index (χ3n) is 3.17. The van der Waals surface area contributed by atoms with Crippen molar-refractivity contribution in [2.24, 2.45) is 10.8 Å². The van der Waals surface area contributed by atoms with Crippen molar-refractivity contribution in [2.75, 3.05) is 6.61 Å². The molecule has 1 fully saturated rings. The second-order valence-corrected chi connectivity index (χ2v) is 7.46. The molecule has 0 spiro atoms. The summed E-state index contributed by atoms with van der Waals surface area (Å²) in [5.41, 5.74) is 1.04. The summed E-state index contributed by atoms with van der Waals surface area (Å²) >= 11 is 0. The fraction of sp³-hybridized carbons (Fsp3) is 1.00. The van der Waals surface area contributed by atoms with E-state index in [4.69, 9.17) is 4.74 Å². The first-order valence-corrected chi connectivity index (χ1v) is 6.26. The monoisotopic (exact) mass is 212 g/mol. The lowest BCUT2D eigenvalue weighted by Crippen LogP contribution is -2.25. The van der Waals surface area contributed by atoms with Gasteiger partial charge in [-0.25, -0.2) is 0 Å². The van der Waals surface area contributed by atoms with E-state index in [-0.39, 0.29) is 5.60 Å². The van der Waals surface area contributed by atoms with Crippen LogP contribution in [0.15, 0.2) is 0 Å². The van der Waals surface area contributed by atoms with Crippen LogP contribution in [0.25, 0.3) is 0 Å². The Bertz CT molecular complexity index is 180. The van der Waals surface area contributed by atoms with Gasteiger partial charge in [0.2, 0.25) is 0 Å². The molecule has 15 heavy (non-hydrogen) atoms. The lowest BCUT2D eigenvalue weighted by molar-refractivity contribution is -0.0309. The minimum atomic E-state index is 0.0251. The van der Waals surface area contributed by atoms with Crippen LogP contribution in [-0.2, 0) is 4.74 Å². The average molecular weight is 212 g/mol. The largest absolute Gasteiger partial charge is 0.375 e. The molecule has 1 aliphatic rings. The zero-order chi connectivity index (χ0) is 11.7. The van der Waals surface area contributed by atoms with Crippen molar-refractivity contribution in [3.63, 3.8) is 0 Å². The zero-order valence-corrected chi connectivity index (χ0v) is 11.4. The Balaban J connectivity index is 2.28. The van der Waals surface area contributed by atoms with Gasteiger partial charge in [0.25, 0.3) is 0 Å². The molecule has 0 aromatic carbocycles. The Kier molecular flexibility index (Phi) is 3.55. The smallest absolute Gasteiger partial charge is 0.0598 e. The second-order valence-electron chi connectivity index (χ2n) is 7.46. The quantitative estimate of drug-likeness (QED) is 0.671. The first-order chi connectivity index (χ1) is 6.62. The summed E-state index contributed by atoms with van der Waals surface area (Å²) in [6.07, 6.45) is 5.41. The standard InChI is InChI=1S/C14H28O/c1-12(2,3)7-8-14(9-10-14)11-15-13(4,5)6/h7-11H2,1-6H3. The molecule has 0 N–H and O–H groups in total. The van der Waals surface area contributed by atoms with Gasteiger partial charge in [-0.3, -0.25) is 0 Å². The molecule has 1 aliphatic carbocycles. The minimum absolute atomic E-state index is 0.0251. The molecule has 0 radical (unpaired) electrons. The fourth-order valence-electron chi connectivity index (χ4n) is 1.65. The SMILES string of the molecule is CC(C)(C)CCC1(COC(C)(C)C)CC1. The van der Waals surface area contributed by atoms with E-state index in [9.17, 15) is 0 Å². The highest BCUT2D eigenvalue weighted by Crippen LogP contribution is 2.51. The number of hydrogen-bond acceptors (Lipinski definition) is 1. The third kappa shape index (κ3) is 5.55. The number of hydrogen-bond donors (Lipinski definition) is 0. The maximum Gasteiger partial charge on any atom is 0.0598 e. The normalized spacial score (nSPS) is 20.4. The van der Waals surface area contributed by atoms with Gasteiger partial charge in [0.15, 0.2) is 0 Å². The Hall–Kier alpha value is -0.0400. The Morgan fingerprint density at radius 3 is 1.87 bits per heavy atom. The third-order valence-corrected chi connectivity index (χ3v) is 3.17. The summed E-state index contributed by atoms with van der Waals surface area (Å²) in [6.45, 7) is 14.4. The van der Waals surface area contributed by atoms with Gasteiger partial charge in [0, 0.05) is 0 Å². The molecule has 1 rings (SSSR count). The van der Waals surface area contributed by atoms with Crippen LogP contribution in [0.3, 0.4) is 0 Å². The van der Waals surface area contributed by atoms with Gasteiger partial charge in [0.1, 0.15) is 0 Å². The van der Waals surface area contributed by atoms with Crippen LogP contribution < -0.4 is 0 Å². The molecule has 0 heterocycles. The van der Waals surface area contributed by atoms with Crippen molar-refractivity contribution >= 4 is 0 Å². The lowest BCUT2D eigenvalue weighted by Gasteiger charge is -2.26. The van der Waals surface area contributed by atoms with Crippen LogP contribution in [0.2, 0.25) is 0 Å². The van der Waals surface area contributed by atoms with Crippen molar-refractivity contribution in [3.05, 3.63) is 0 Å². The van der Waals surface area contributed by atoms with Crippen LogP contribution in [0.4, 0.5) is 0 Å². The summed E-state index contributed by atoms with van der Waals surface area (Å²) < 4.78 is 5.92. The number of ether oxygens (including phenoxy) is 1. The Labute approximate surface area is 95.6 Å². The van der Waals surface area contributed by atoms with Gasteiger partial charge >= 0.3 is 0 Å². The zero-order valence-electron chi connectivity index (χ0n) is 11.4. The van der Waals surface area contributed by atoms with Crippen molar-refractivity contribution < 1.29 is 4.74 Å². The van der Waals surface area contributed by atoms with E-state index in [1.807, 2.05) is 0 Å². The molecular formula is C14H28O. The fourth-order valence-corrected chi connectivity index (χ4v) is 1.65. The van der Waals surface area contributed by atoms with Crippen LogP contribution in [0.5, 0.6) is 0 Å². The van der Waals surface area contributed by atoms with E-state index in [1.54, 1.807) is 0 Å². The molecule has 0 atom stereocenters. The van der Waals surface area contributed by atoms with Gasteiger partial charge in [-0.05, 0) is 57.3 Å². The molecule has 90 valence electrons. The molecule has 0 aromatic rings. The van der Waals surface area contributed by atoms with Gasteiger partial charge in [-0.2, -0.15) is 0 Å². The average Bonchev–Trinajstić information content (AvgIpc) is 2.76. The van der Waals surface area contributed by atoms with E-state index < -0.39 is 0 Å². The summed E-state index contributed by atoms with van der Waals surface area (Å²) in [5, 5.41) is 0. The van der Waals surface area contributed by atoms with Gasteiger partial charge in [-0.15, -0.1) is 0 Å². The minimum Gasteiger partial charge on any atom is -0.375 e. The number of rotatable bonds is 4. The molecular weight excluding hydrogens is 184 g/mol. The van der Waals surface area contributed by atoms with Crippen molar-refractivity contribution in [1.29, 1.82) is 0 Å². The summed E-state index contributed by atoms with van der Waals surface area (Å²) in [4.78, 5) is 0. The van der Waals surface area contributed by atoms with E-state index in [1.165, 1.54) is 25.7 Å². The van der Waals surface area contributed by atoms with Crippen molar-refractivity contribution in [3.8, 4) is 0 Å². The molecule has 0 unspecified atom stereocenters. The van der Waals surface area contributed by atoms with E-state index in [0.717, 1.165) is 6.61 Å². The first kappa shape index (κ1) is 13.0. The molecule has 0 amide bonds. The summed E-state index contributed by atoms with van der Waals surface area (Å²) in [5.74, 6) is 0. The van der Waals surface area contributed by atoms with Gasteiger partial charge in [-0.1, -0.05) is 20.8 Å². The Morgan fingerprint density at radius 2 is 1.53 bits per heavy atom. The van der Waals surface area contributed by atoms with Crippen LogP contribution >= 0.6 is 0 Å². The molecule has 1 nitrogen and oxygen atoms in total. The topological polar surface area (TPSA) is 9.23 Å². The maximum absolute atomic E-state index is 5.92. The second kappa shape index (κ2) is 4.08. The van der Waals surface area contributed by atoms with Gasteiger partial charge < -0.3 is 4.74 Å². The van der Waals surface area contributed by atoms with Crippen molar-refractivity contribution in [1.82, 2.24) is 0 Å². The molecule has 0 saturated heterocycles. The molecule has 0 aliphatic heterocycles. The van der Waals surface area contributed by atoms with E-state index >= 15 is 0 Å². The van der Waals surface area contributed by atoms with Gasteiger partial charge in [0.05, 0.1) is 12.2 Å². The predicted molar refractivity (Wildman–Crippen MR) is 66.1 cm³/mol. The van der Waals surface area contributed by atoms with Crippen LogP contribution in [-0.4, -0.2) is 12.2 Å². The summed E-state index contributed by atoms with van der Waals surface area (Å²) in [6, 6.07) is 0. The predicted octanol–water partition coefficient (Wildman–Crippen LogP) is 4.41. The van der Waals surface area contributed by atoms with Crippen LogP contribution in [0, 0.1) is 10.8 Å². The maximum atomic E-state index is 5.92. The molecule has 0 aromatic heterocycles. The van der Waals surface area contributed by atoms with Crippen molar-refractivity contribution in [2.45, 2.75) is 72.8 Å². The van der Waals surface area contributed by atoms with E-state index in [2.05, 4.69) is 41.5 Å².